The van der Waals surface area contributed by atoms with Gasteiger partial charge >= 0.3 is 0 Å². The van der Waals surface area contributed by atoms with Gasteiger partial charge in [0.1, 0.15) is 0 Å². The second-order valence-electron chi connectivity index (χ2n) is 4.40. The SMILES string of the molecule is CC(C)(C)[C@@H](N)c1ccc(Cl)cc1.Cl. The van der Waals surface area contributed by atoms with Crippen molar-refractivity contribution < 1.29 is 0 Å². The van der Waals surface area contributed by atoms with E-state index in [1.54, 1.807) is 0 Å². The Morgan fingerprint density at radius 3 is 1.93 bits per heavy atom. The summed E-state index contributed by atoms with van der Waals surface area (Å²) in [6.45, 7) is 6.39. The fourth-order valence-corrected chi connectivity index (χ4v) is 1.30. The highest BCUT2D eigenvalue weighted by Crippen LogP contribution is 2.30. The summed E-state index contributed by atoms with van der Waals surface area (Å²) in [4.78, 5) is 0. The first kappa shape index (κ1) is 13.8. The first-order chi connectivity index (χ1) is 5.91. The van der Waals surface area contributed by atoms with Crippen LogP contribution in [0, 0.1) is 5.41 Å². The smallest absolute Gasteiger partial charge is 0.0406 e. The van der Waals surface area contributed by atoms with Crippen molar-refractivity contribution in [2.75, 3.05) is 0 Å². The lowest BCUT2D eigenvalue weighted by molar-refractivity contribution is 0.327. The molecule has 14 heavy (non-hydrogen) atoms. The van der Waals surface area contributed by atoms with E-state index < -0.39 is 0 Å². The summed E-state index contributed by atoms with van der Waals surface area (Å²) in [5.74, 6) is 0. The van der Waals surface area contributed by atoms with E-state index in [4.69, 9.17) is 17.3 Å². The Kier molecular flexibility index (Phi) is 4.93. The molecule has 0 aliphatic rings. The lowest BCUT2D eigenvalue weighted by Gasteiger charge is -2.27. The van der Waals surface area contributed by atoms with Gasteiger partial charge in [-0.05, 0) is 23.1 Å². The van der Waals surface area contributed by atoms with Gasteiger partial charge in [0.2, 0.25) is 0 Å². The zero-order valence-electron chi connectivity index (χ0n) is 8.75. The second kappa shape index (κ2) is 5.01. The van der Waals surface area contributed by atoms with Gasteiger partial charge in [-0.25, -0.2) is 0 Å². The van der Waals surface area contributed by atoms with E-state index in [9.17, 15) is 0 Å². The van der Waals surface area contributed by atoms with Crippen molar-refractivity contribution in [2.45, 2.75) is 26.8 Å². The van der Waals surface area contributed by atoms with Gasteiger partial charge in [0.05, 0.1) is 0 Å². The van der Waals surface area contributed by atoms with Crippen molar-refractivity contribution in [3.05, 3.63) is 34.9 Å². The van der Waals surface area contributed by atoms with Crippen molar-refractivity contribution in [1.29, 1.82) is 0 Å². The minimum atomic E-state index is 0. The first-order valence-electron chi connectivity index (χ1n) is 4.42. The number of halogens is 2. The monoisotopic (exact) mass is 233 g/mol. The molecule has 1 aromatic rings. The molecule has 80 valence electrons. The predicted molar refractivity (Wildman–Crippen MR) is 65.1 cm³/mol. The predicted octanol–water partition coefficient (Wildman–Crippen LogP) is 3.81. The summed E-state index contributed by atoms with van der Waals surface area (Å²) in [6.07, 6.45) is 0. The van der Waals surface area contributed by atoms with Gasteiger partial charge in [-0.3, -0.25) is 0 Å². The summed E-state index contributed by atoms with van der Waals surface area (Å²) in [7, 11) is 0. The largest absolute Gasteiger partial charge is 0.324 e. The van der Waals surface area contributed by atoms with Gasteiger partial charge in [-0.1, -0.05) is 44.5 Å². The van der Waals surface area contributed by atoms with Crippen LogP contribution >= 0.6 is 24.0 Å². The molecule has 0 fully saturated rings. The van der Waals surface area contributed by atoms with E-state index in [2.05, 4.69) is 20.8 Å². The van der Waals surface area contributed by atoms with Crippen molar-refractivity contribution >= 4 is 24.0 Å². The summed E-state index contributed by atoms with van der Waals surface area (Å²) < 4.78 is 0. The molecule has 0 aliphatic heterocycles. The van der Waals surface area contributed by atoms with E-state index in [-0.39, 0.29) is 23.9 Å². The number of hydrogen-bond acceptors (Lipinski definition) is 1. The van der Waals surface area contributed by atoms with E-state index in [0.29, 0.717) is 0 Å². The van der Waals surface area contributed by atoms with Crippen LogP contribution in [0.1, 0.15) is 32.4 Å². The zero-order chi connectivity index (χ0) is 10.1. The van der Waals surface area contributed by atoms with E-state index in [0.717, 1.165) is 10.6 Å². The van der Waals surface area contributed by atoms with Crippen LogP contribution in [0.2, 0.25) is 5.02 Å². The summed E-state index contributed by atoms with van der Waals surface area (Å²) in [5, 5.41) is 0.754. The van der Waals surface area contributed by atoms with E-state index in [1.807, 2.05) is 24.3 Å². The minimum Gasteiger partial charge on any atom is -0.324 e. The van der Waals surface area contributed by atoms with Crippen molar-refractivity contribution in [2.24, 2.45) is 11.1 Å². The average molecular weight is 234 g/mol. The van der Waals surface area contributed by atoms with Gasteiger partial charge in [-0.15, -0.1) is 12.4 Å². The van der Waals surface area contributed by atoms with Crippen LogP contribution < -0.4 is 5.73 Å². The molecule has 0 unspecified atom stereocenters. The van der Waals surface area contributed by atoms with Crippen molar-refractivity contribution in [3.63, 3.8) is 0 Å². The molecule has 1 atom stereocenters. The molecule has 1 rings (SSSR count). The lowest BCUT2D eigenvalue weighted by Crippen LogP contribution is -2.26. The molecular formula is C11H17Cl2N. The molecule has 0 radical (unpaired) electrons. The van der Waals surface area contributed by atoms with Gasteiger partial charge in [0, 0.05) is 11.1 Å². The highest BCUT2D eigenvalue weighted by Gasteiger charge is 2.21. The quantitative estimate of drug-likeness (QED) is 0.785. The Hall–Kier alpha value is -0.240. The van der Waals surface area contributed by atoms with Crippen LogP contribution in [0.3, 0.4) is 0 Å². The molecule has 0 saturated carbocycles. The number of benzene rings is 1. The number of nitrogens with two attached hydrogens (primary N) is 1. The third-order valence-electron chi connectivity index (χ3n) is 2.16. The van der Waals surface area contributed by atoms with Gasteiger partial charge < -0.3 is 5.73 Å². The van der Waals surface area contributed by atoms with Crippen molar-refractivity contribution in [3.8, 4) is 0 Å². The fraction of sp³-hybridized carbons (Fsp3) is 0.455. The molecule has 0 aromatic heterocycles. The maximum Gasteiger partial charge on any atom is 0.0406 e. The van der Waals surface area contributed by atoms with Gasteiger partial charge in [-0.2, -0.15) is 0 Å². The molecule has 0 heterocycles. The van der Waals surface area contributed by atoms with Crippen LogP contribution in [0.15, 0.2) is 24.3 Å². The summed E-state index contributed by atoms with van der Waals surface area (Å²) >= 11 is 5.79. The molecule has 0 saturated heterocycles. The Balaban J connectivity index is 0.00000169. The first-order valence-corrected chi connectivity index (χ1v) is 4.80. The van der Waals surface area contributed by atoms with Crippen LogP contribution in [-0.4, -0.2) is 0 Å². The fourth-order valence-electron chi connectivity index (χ4n) is 1.17. The zero-order valence-corrected chi connectivity index (χ0v) is 10.3. The Morgan fingerprint density at radius 2 is 1.57 bits per heavy atom. The minimum absolute atomic E-state index is 0. The molecule has 0 bridgehead atoms. The molecular weight excluding hydrogens is 217 g/mol. The third kappa shape index (κ3) is 3.49. The third-order valence-corrected chi connectivity index (χ3v) is 2.41. The highest BCUT2D eigenvalue weighted by molar-refractivity contribution is 6.30. The molecule has 3 heteroatoms. The van der Waals surface area contributed by atoms with E-state index in [1.165, 1.54) is 0 Å². The maximum atomic E-state index is 6.08. The topological polar surface area (TPSA) is 26.0 Å². The van der Waals surface area contributed by atoms with Gasteiger partial charge in [0.25, 0.3) is 0 Å². The molecule has 2 N–H and O–H groups in total. The van der Waals surface area contributed by atoms with Gasteiger partial charge in [0.15, 0.2) is 0 Å². The molecule has 0 aliphatic carbocycles. The van der Waals surface area contributed by atoms with Crippen LogP contribution in [0.25, 0.3) is 0 Å². The summed E-state index contributed by atoms with van der Waals surface area (Å²) in [5.41, 5.74) is 7.31. The van der Waals surface area contributed by atoms with E-state index >= 15 is 0 Å². The number of rotatable bonds is 1. The molecule has 0 amide bonds. The van der Waals surface area contributed by atoms with Crippen LogP contribution in [-0.2, 0) is 0 Å². The average Bonchev–Trinajstić information content (AvgIpc) is 2.03. The molecule has 0 spiro atoms. The Bertz CT molecular complexity index is 274. The summed E-state index contributed by atoms with van der Waals surface area (Å²) in [6, 6.07) is 7.78. The Labute approximate surface area is 97.1 Å². The normalized spacial score (nSPS) is 13.2. The van der Waals surface area contributed by atoms with Crippen molar-refractivity contribution in [1.82, 2.24) is 0 Å². The lowest BCUT2D eigenvalue weighted by atomic mass is 9.83. The van der Waals surface area contributed by atoms with Crippen LogP contribution in [0.5, 0.6) is 0 Å². The molecule has 1 nitrogen and oxygen atoms in total. The van der Waals surface area contributed by atoms with Crippen LogP contribution in [0.4, 0.5) is 0 Å². The number of hydrogen-bond donors (Lipinski definition) is 1. The highest BCUT2D eigenvalue weighted by atomic mass is 35.5. The Morgan fingerprint density at radius 1 is 1.14 bits per heavy atom. The second-order valence-corrected chi connectivity index (χ2v) is 4.83. The maximum absolute atomic E-state index is 6.08. The standard InChI is InChI=1S/C11H16ClN.ClH/c1-11(2,3)10(13)8-4-6-9(12)7-5-8;/h4-7,10H,13H2,1-3H3;1H/t10-;/m0./s1. The molecule has 1 aromatic carbocycles.